The van der Waals surface area contributed by atoms with Crippen LogP contribution in [0.25, 0.3) is 0 Å². The third kappa shape index (κ3) is 2.96. The summed E-state index contributed by atoms with van der Waals surface area (Å²) in [6.07, 6.45) is -2.09. The minimum absolute atomic E-state index is 0.182. The van der Waals surface area contributed by atoms with Crippen molar-refractivity contribution in [3.8, 4) is 0 Å². The highest BCUT2D eigenvalue weighted by molar-refractivity contribution is 4.86. The molecule has 1 aromatic heterocycles. The lowest BCUT2D eigenvalue weighted by atomic mass is 9.96. The number of rotatable bonds is 2. The maximum absolute atomic E-state index is 12.5. The molecule has 0 amide bonds. The van der Waals surface area contributed by atoms with E-state index < -0.39 is 12.1 Å². The SMILES string of the molecule is Cn1cnnc1CN1CCC(C(F)(F)F)CC1. The summed E-state index contributed by atoms with van der Waals surface area (Å²) in [6.45, 7) is 1.51. The van der Waals surface area contributed by atoms with Gasteiger partial charge in [-0.15, -0.1) is 10.2 Å². The van der Waals surface area contributed by atoms with Crippen molar-refractivity contribution in [2.24, 2.45) is 13.0 Å². The molecule has 0 saturated carbocycles. The van der Waals surface area contributed by atoms with Crippen molar-refractivity contribution in [3.63, 3.8) is 0 Å². The summed E-state index contributed by atoms with van der Waals surface area (Å²) in [5.41, 5.74) is 0. The van der Waals surface area contributed by atoms with Gasteiger partial charge >= 0.3 is 6.18 Å². The van der Waals surface area contributed by atoms with Gasteiger partial charge in [0, 0.05) is 7.05 Å². The van der Waals surface area contributed by atoms with E-state index in [0.29, 0.717) is 19.6 Å². The Morgan fingerprint density at radius 3 is 2.47 bits per heavy atom. The smallest absolute Gasteiger partial charge is 0.320 e. The predicted molar refractivity (Wildman–Crippen MR) is 55.1 cm³/mol. The number of hydrogen-bond donors (Lipinski definition) is 0. The van der Waals surface area contributed by atoms with E-state index >= 15 is 0 Å². The summed E-state index contributed by atoms with van der Waals surface area (Å²) in [6, 6.07) is 0. The van der Waals surface area contributed by atoms with E-state index in [-0.39, 0.29) is 12.8 Å². The van der Waals surface area contributed by atoms with Gasteiger partial charge in [0.25, 0.3) is 0 Å². The second-order valence-corrected chi connectivity index (χ2v) is 4.45. The minimum atomic E-state index is -4.04. The van der Waals surface area contributed by atoms with E-state index in [1.807, 2.05) is 11.9 Å². The van der Waals surface area contributed by atoms with Gasteiger partial charge in [0.15, 0.2) is 0 Å². The van der Waals surface area contributed by atoms with E-state index in [0.717, 1.165) is 5.82 Å². The summed E-state index contributed by atoms with van der Waals surface area (Å²) in [7, 11) is 1.83. The van der Waals surface area contributed by atoms with Gasteiger partial charge in [-0.1, -0.05) is 0 Å². The molecule has 17 heavy (non-hydrogen) atoms. The zero-order valence-corrected chi connectivity index (χ0v) is 9.61. The molecule has 1 aliphatic rings. The molecule has 0 bridgehead atoms. The van der Waals surface area contributed by atoms with Crippen LogP contribution in [0.3, 0.4) is 0 Å². The van der Waals surface area contributed by atoms with Crippen LogP contribution in [0.15, 0.2) is 6.33 Å². The van der Waals surface area contributed by atoms with E-state index in [1.54, 1.807) is 10.9 Å². The second-order valence-electron chi connectivity index (χ2n) is 4.45. The Labute approximate surface area is 97.4 Å². The van der Waals surface area contributed by atoms with Gasteiger partial charge in [-0.3, -0.25) is 4.90 Å². The summed E-state index contributed by atoms with van der Waals surface area (Å²) in [4.78, 5) is 1.99. The van der Waals surface area contributed by atoms with Gasteiger partial charge in [0.1, 0.15) is 12.2 Å². The standard InChI is InChI=1S/C10H15F3N4/c1-16-7-14-15-9(16)6-17-4-2-8(3-5-17)10(11,12)13/h7-8H,2-6H2,1H3. The summed E-state index contributed by atoms with van der Waals surface area (Å²) in [5, 5.41) is 7.67. The van der Waals surface area contributed by atoms with Gasteiger partial charge in [0.05, 0.1) is 12.5 Å². The van der Waals surface area contributed by atoms with Crippen LogP contribution in [0.2, 0.25) is 0 Å². The molecule has 1 fully saturated rings. The van der Waals surface area contributed by atoms with Gasteiger partial charge in [-0.25, -0.2) is 0 Å². The highest BCUT2D eigenvalue weighted by Crippen LogP contribution is 2.34. The highest BCUT2D eigenvalue weighted by atomic mass is 19.4. The Bertz CT molecular complexity index is 366. The van der Waals surface area contributed by atoms with Crippen molar-refractivity contribution in [3.05, 3.63) is 12.2 Å². The zero-order chi connectivity index (χ0) is 12.5. The van der Waals surface area contributed by atoms with Crippen LogP contribution in [-0.2, 0) is 13.6 Å². The first-order valence-corrected chi connectivity index (χ1v) is 5.59. The average Bonchev–Trinajstić information content (AvgIpc) is 2.64. The molecule has 0 aromatic carbocycles. The number of aryl methyl sites for hydroxylation is 1. The lowest BCUT2D eigenvalue weighted by Crippen LogP contribution is -2.38. The molecule has 2 heterocycles. The molecule has 0 unspecified atom stereocenters. The number of piperidine rings is 1. The zero-order valence-electron chi connectivity index (χ0n) is 9.61. The Kier molecular flexibility index (Phi) is 3.37. The average molecular weight is 248 g/mol. The number of hydrogen-bond acceptors (Lipinski definition) is 3. The molecule has 0 radical (unpaired) electrons. The largest absolute Gasteiger partial charge is 0.391 e. The molecule has 7 heteroatoms. The first-order valence-electron chi connectivity index (χ1n) is 5.59. The molecule has 1 saturated heterocycles. The maximum atomic E-state index is 12.5. The van der Waals surface area contributed by atoms with Crippen LogP contribution in [-0.4, -0.2) is 38.9 Å². The fourth-order valence-electron chi connectivity index (χ4n) is 2.07. The molecule has 0 spiro atoms. The number of likely N-dealkylation sites (tertiary alicyclic amines) is 1. The monoisotopic (exact) mass is 248 g/mol. The molecule has 1 aromatic rings. The second kappa shape index (κ2) is 4.64. The van der Waals surface area contributed by atoms with E-state index in [1.165, 1.54) is 0 Å². The van der Waals surface area contributed by atoms with E-state index in [9.17, 15) is 13.2 Å². The van der Waals surface area contributed by atoms with Crippen LogP contribution >= 0.6 is 0 Å². The molecule has 0 N–H and O–H groups in total. The number of aromatic nitrogens is 3. The Morgan fingerprint density at radius 1 is 1.35 bits per heavy atom. The summed E-state index contributed by atoms with van der Waals surface area (Å²) >= 11 is 0. The first-order chi connectivity index (χ1) is 7.97. The Hall–Kier alpha value is -1.11. The molecule has 0 aliphatic carbocycles. The highest BCUT2D eigenvalue weighted by Gasteiger charge is 2.41. The normalized spacial score (nSPS) is 19.8. The Balaban J connectivity index is 1.86. The topological polar surface area (TPSA) is 34.0 Å². The lowest BCUT2D eigenvalue weighted by Gasteiger charge is -2.32. The van der Waals surface area contributed by atoms with Crippen LogP contribution in [0.1, 0.15) is 18.7 Å². The van der Waals surface area contributed by atoms with Gasteiger partial charge < -0.3 is 4.57 Å². The van der Waals surface area contributed by atoms with Crippen LogP contribution in [0.4, 0.5) is 13.2 Å². The fourth-order valence-corrected chi connectivity index (χ4v) is 2.07. The minimum Gasteiger partial charge on any atom is -0.320 e. The van der Waals surface area contributed by atoms with Gasteiger partial charge in [-0.2, -0.15) is 13.2 Å². The molecule has 2 rings (SSSR count). The molecular formula is C10H15F3N4. The fraction of sp³-hybridized carbons (Fsp3) is 0.800. The van der Waals surface area contributed by atoms with Gasteiger partial charge in [-0.05, 0) is 25.9 Å². The first kappa shape index (κ1) is 12.3. The quantitative estimate of drug-likeness (QED) is 0.797. The molecule has 96 valence electrons. The molecule has 0 atom stereocenters. The van der Waals surface area contributed by atoms with E-state index in [4.69, 9.17) is 0 Å². The van der Waals surface area contributed by atoms with Crippen LogP contribution in [0.5, 0.6) is 0 Å². The van der Waals surface area contributed by atoms with Crippen molar-refractivity contribution in [1.29, 1.82) is 0 Å². The molecule has 1 aliphatic heterocycles. The van der Waals surface area contributed by atoms with Crippen LogP contribution < -0.4 is 0 Å². The third-order valence-corrected chi connectivity index (χ3v) is 3.22. The van der Waals surface area contributed by atoms with Crippen molar-refractivity contribution < 1.29 is 13.2 Å². The van der Waals surface area contributed by atoms with Crippen molar-refractivity contribution >= 4 is 0 Å². The summed E-state index contributed by atoms with van der Waals surface area (Å²) < 4.78 is 39.2. The Morgan fingerprint density at radius 2 is 2.00 bits per heavy atom. The van der Waals surface area contributed by atoms with Crippen molar-refractivity contribution in [1.82, 2.24) is 19.7 Å². The lowest BCUT2D eigenvalue weighted by molar-refractivity contribution is -0.185. The third-order valence-electron chi connectivity index (χ3n) is 3.22. The number of halogens is 3. The van der Waals surface area contributed by atoms with Crippen LogP contribution in [0, 0.1) is 5.92 Å². The molecular weight excluding hydrogens is 233 g/mol. The number of nitrogens with zero attached hydrogens (tertiary/aromatic N) is 4. The predicted octanol–water partition coefficient (Wildman–Crippen LogP) is 1.59. The van der Waals surface area contributed by atoms with E-state index in [2.05, 4.69) is 10.2 Å². The molecule has 4 nitrogen and oxygen atoms in total. The maximum Gasteiger partial charge on any atom is 0.391 e. The van der Waals surface area contributed by atoms with Gasteiger partial charge in [0.2, 0.25) is 0 Å². The van der Waals surface area contributed by atoms with Crippen molar-refractivity contribution in [2.45, 2.75) is 25.6 Å². The van der Waals surface area contributed by atoms with Crippen molar-refractivity contribution in [2.75, 3.05) is 13.1 Å². The number of alkyl halides is 3. The summed E-state index contributed by atoms with van der Waals surface area (Å²) in [5.74, 6) is -0.353.